The molecule has 3 aromatic rings. The Labute approximate surface area is 217 Å². The topological polar surface area (TPSA) is 52.7 Å². The number of thiophene rings is 1. The molecule has 0 radical (unpaired) electrons. The molecular weight excluding hydrogens is 506 g/mol. The summed E-state index contributed by atoms with van der Waals surface area (Å²) in [5.74, 6) is -0.721. The number of carbonyl (C=O) groups excluding carboxylic acids is 2. The monoisotopic (exact) mass is 535 g/mol. The highest BCUT2D eigenvalue weighted by molar-refractivity contribution is 7.10. The van der Waals surface area contributed by atoms with Crippen LogP contribution in [0.5, 0.6) is 0 Å². The molecule has 0 saturated carbocycles. The Morgan fingerprint density at radius 2 is 1.76 bits per heavy atom. The molecule has 5 nitrogen and oxygen atoms in total. The summed E-state index contributed by atoms with van der Waals surface area (Å²) in [5.41, 5.74) is 0.863. The average Bonchev–Trinajstić information content (AvgIpc) is 3.26. The van der Waals surface area contributed by atoms with E-state index in [1.807, 2.05) is 25.3 Å². The molecule has 1 aromatic heterocycles. The fourth-order valence-electron chi connectivity index (χ4n) is 3.64. The SMILES string of the molecule is CCC(C)N(CC(=O)N(Cc1ccc(F)cc1)Cc1sccc1C)C(=O)Nc1cccc(C(F)(F)F)c1. The van der Waals surface area contributed by atoms with E-state index in [4.69, 9.17) is 0 Å². The van der Waals surface area contributed by atoms with Crippen LogP contribution in [0.2, 0.25) is 0 Å². The standard InChI is InChI=1S/C27H29F4N3O2S/c1-4-19(3)34(26(36)32-23-7-5-6-21(14-23)27(29,30)31)17-25(35)33(16-24-18(2)12-13-37-24)15-20-8-10-22(28)11-9-20/h5-14,19H,4,15-17H2,1-3H3,(H,32,36). The van der Waals surface area contributed by atoms with Gasteiger partial charge in [-0.05, 0) is 73.2 Å². The quantitative estimate of drug-likeness (QED) is 0.298. The highest BCUT2D eigenvalue weighted by Crippen LogP contribution is 2.30. The summed E-state index contributed by atoms with van der Waals surface area (Å²) in [7, 11) is 0. The number of rotatable bonds is 9. The lowest BCUT2D eigenvalue weighted by Gasteiger charge is -2.31. The Morgan fingerprint density at radius 3 is 2.35 bits per heavy atom. The van der Waals surface area contributed by atoms with Gasteiger partial charge in [-0.1, -0.05) is 25.1 Å². The van der Waals surface area contributed by atoms with E-state index in [9.17, 15) is 27.2 Å². The Morgan fingerprint density at radius 1 is 1.05 bits per heavy atom. The number of benzene rings is 2. The summed E-state index contributed by atoms with van der Waals surface area (Å²) in [6.45, 7) is 5.81. The van der Waals surface area contributed by atoms with Crippen molar-refractivity contribution >= 4 is 29.0 Å². The third kappa shape index (κ3) is 7.79. The molecule has 2 aromatic carbocycles. The Hall–Kier alpha value is -3.40. The number of alkyl halides is 3. The zero-order valence-electron chi connectivity index (χ0n) is 20.8. The van der Waals surface area contributed by atoms with Gasteiger partial charge >= 0.3 is 12.2 Å². The largest absolute Gasteiger partial charge is 0.416 e. The second-order valence-electron chi connectivity index (χ2n) is 8.80. The van der Waals surface area contributed by atoms with E-state index in [0.717, 1.165) is 28.1 Å². The molecule has 1 N–H and O–H groups in total. The van der Waals surface area contributed by atoms with Crippen molar-refractivity contribution in [2.75, 3.05) is 11.9 Å². The molecule has 0 bridgehead atoms. The molecule has 0 fully saturated rings. The van der Waals surface area contributed by atoms with Gasteiger partial charge in [0, 0.05) is 23.2 Å². The highest BCUT2D eigenvalue weighted by Gasteiger charge is 2.31. The second kappa shape index (κ2) is 12.2. The van der Waals surface area contributed by atoms with Crippen LogP contribution in [-0.2, 0) is 24.1 Å². The zero-order chi connectivity index (χ0) is 27.2. The fourth-order valence-corrected chi connectivity index (χ4v) is 4.57. The first-order chi connectivity index (χ1) is 17.5. The maximum Gasteiger partial charge on any atom is 0.416 e. The lowest BCUT2D eigenvalue weighted by atomic mass is 10.1. The zero-order valence-corrected chi connectivity index (χ0v) is 21.6. The van der Waals surface area contributed by atoms with E-state index in [-0.39, 0.29) is 36.5 Å². The number of urea groups is 1. The maximum atomic E-state index is 13.5. The van der Waals surface area contributed by atoms with Crippen molar-refractivity contribution < 1.29 is 27.2 Å². The average molecular weight is 536 g/mol. The van der Waals surface area contributed by atoms with Gasteiger partial charge in [0.2, 0.25) is 5.91 Å². The molecule has 0 saturated heterocycles. The van der Waals surface area contributed by atoms with Crippen molar-refractivity contribution in [3.8, 4) is 0 Å². The molecule has 1 unspecified atom stereocenters. The number of aryl methyl sites for hydroxylation is 1. The first-order valence-electron chi connectivity index (χ1n) is 11.8. The minimum Gasteiger partial charge on any atom is -0.332 e. The number of hydrogen-bond donors (Lipinski definition) is 1. The van der Waals surface area contributed by atoms with Gasteiger partial charge in [-0.2, -0.15) is 13.2 Å². The van der Waals surface area contributed by atoms with Crippen molar-refractivity contribution in [2.45, 2.75) is 52.5 Å². The summed E-state index contributed by atoms with van der Waals surface area (Å²) < 4.78 is 52.7. The normalized spacial score (nSPS) is 12.2. The van der Waals surface area contributed by atoms with E-state index in [1.165, 1.54) is 40.5 Å². The van der Waals surface area contributed by atoms with Crippen molar-refractivity contribution in [3.05, 3.63) is 87.4 Å². The van der Waals surface area contributed by atoms with Crippen LogP contribution in [0, 0.1) is 12.7 Å². The third-order valence-electron chi connectivity index (χ3n) is 6.07. The molecule has 0 spiro atoms. The maximum absolute atomic E-state index is 13.5. The number of nitrogens with one attached hydrogen (secondary N) is 1. The van der Waals surface area contributed by atoms with E-state index < -0.39 is 17.8 Å². The van der Waals surface area contributed by atoms with Gasteiger partial charge in [0.05, 0.1) is 12.1 Å². The number of halogens is 4. The van der Waals surface area contributed by atoms with Crippen molar-refractivity contribution in [1.29, 1.82) is 0 Å². The number of amides is 3. The molecule has 0 aliphatic carbocycles. The molecule has 198 valence electrons. The molecule has 1 heterocycles. The minimum absolute atomic E-state index is 0.0158. The van der Waals surface area contributed by atoms with Gasteiger partial charge in [-0.3, -0.25) is 4.79 Å². The number of nitrogens with zero attached hydrogens (tertiary/aromatic N) is 2. The van der Waals surface area contributed by atoms with Gasteiger partial charge in [-0.15, -0.1) is 11.3 Å². The van der Waals surface area contributed by atoms with Crippen LogP contribution in [0.1, 0.15) is 41.8 Å². The van der Waals surface area contributed by atoms with Gasteiger partial charge in [-0.25, -0.2) is 9.18 Å². The predicted octanol–water partition coefficient (Wildman–Crippen LogP) is 7.08. The molecule has 1 atom stereocenters. The van der Waals surface area contributed by atoms with Crippen molar-refractivity contribution in [1.82, 2.24) is 9.80 Å². The first kappa shape index (κ1) is 28.2. The van der Waals surface area contributed by atoms with Crippen molar-refractivity contribution in [3.63, 3.8) is 0 Å². The molecule has 37 heavy (non-hydrogen) atoms. The lowest BCUT2D eigenvalue weighted by molar-refractivity contribution is -0.137. The number of hydrogen-bond acceptors (Lipinski definition) is 3. The smallest absolute Gasteiger partial charge is 0.332 e. The Kier molecular flexibility index (Phi) is 9.31. The Balaban J connectivity index is 1.81. The van der Waals surface area contributed by atoms with Gasteiger partial charge in [0.1, 0.15) is 12.4 Å². The highest BCUT2D eigenvalue weighted by atomic mass is 32.1. The van der Waals surface area contributed by atoms with Gasteiger partial charge < -0.3 is 15.1 Å². The summed E-state index contributed by atoms with van der Waals surface area (Å²) >= 11 is 1.51. The molecular formula is C27H29F4N3O2S. The molecule has 3 rings (SSSR count). The fraction of sp³-hybridized carbons (Fsp3) is 0.333. The van der Waals surface area contributed by atoms with E-state index in [2.05, 4.69) is 5.32 Å². The predicted molar refractivity (Wildman–Crippen MR) is 137 cm³/mol. The number of anilines is 1. The van der Waals surface area contributed by atoms with E-state index >= 15 is 0 Å². The summed E-state index contributed by atoms with van der Waals surface area (Å²) in [6, 6.07) is 11.1. The first-order valence-corrected chi connectivity index (χ1v) is 12.7. The molecule has 0 aliphatic rings. The van der Waals surface area contributed by atoms with Crippen LogP contribution >= 0.6 is 11.3 Å². The van der Waals surface area contributed by atoms with Crippen LogP contribution in [0.4, 0.5) is 28.0 Å². The molecule has 10 heteroatoms. The molecule has 0 aliphatic heterocycles. The van der Waals surface area contributed by atoms with Crippen LogP contribution in [0.3, 0.4) is 0 Å². The lowest BCUT2D eigenvalue weighted by Crippen LogP contribution is -2.47. The summed E-state index contributed by atoms with van der Waals surface area (Å²) in [4.78, 5) is 30.5. The summed E-state index contributed by atoms with van der Waals surface area (Å²) in [5, 5.41) is 4.43. The van der Waals surface area contributed by atoms with Crippen LogP contribution in [0.15, 0.2) is 60.0 Å². The van der Waals surface area contributed by atoms with Gasteiger partial charge in [0.25, 0.3) is 0 Å². The minimum atomic E-state index is -4.55. The number of carbonyl (C=O) groups is 2. The van der Waals surface area contributed by atoms with Crippen molar-refractivity contribution in [2.24, 2.45) is 0 Å². The van der Waals surface area contributed by atoms with Crippen LogP contribution in [0.25, 0.3) is 0 Å². The Bertz CT molecular complexity index is 1210. The molecule has 3 amide bonds. The third-order valence-corrected chi connectivity index (χ3v) is 7.08. The second-order valence-corrected chi connectivity index (χ2v) is 9.80. The van der Waals surface area contributed by atoms with Gasteiger partial charge in [0.15, 0.2) is 0 Å². The van der Waals surface area contributed by atoms with Crippen LogP contribution in [-0.4, -0.2) is 34.3 Å². The van der Waals surface area contributed by atoms with E-state index in [0.29, 0.717) is 13.0 Å². The van der Waals surface area contributed by atoms with E-state index in [1.54, 1.807) is 24.0 Å². The summed E-state index contributed by atoms with van der Waals surface area (Å²) in [6.07, 6.45) is -4.01. The van der Waals surface area contributed by atoms with Crippen LogP contribution < -0.4 is 5.32 Å².